The Balaban J connectivity index is 1.99. The maximum Gasteiger partial charge on any atom is 0.0657 e. The van der Waals surface area contributed by atoms with Crippen LogP contribution in [0, 0.1) is 0 Å². The number of hydrogen-bond donors (Lipinski definition) is 1. The van der Waals surface area contributed by atoms with Crippen LogP contribution in [0.5, 0.6) is 0 Å². The second-order valence-corrected chi connectivity index (χ2v) is 4.57. The van der Waals surface area contributed by atoms with Crippen molar-refractivity contribution >= 4 is 0 Å². The molecule has 88 valence electrons. The second kappa shape index (κ2) is 6.02. The molecule has 0 saturated heterocycles. The fourth-order valence-corrected chi connectivity index (χ4v) is 2.47. The van der Waals surface area contributed by atoms with Gasteiger partial charge in [0.15, 0.2) is 0 Å². The number of nitrogens with one attached hydrogen (secondary N) is 1. The quantitative estimate of drug-likeness (QED) is 0.822. The van der Waals surface area contributed by atoms with Crippen molar-refractivity contribution in [1.82, 2.24) is 5.32 Å². The van der Waals surface area contributed by atoms with Gasteiger partial charge in [0.2, 0.25) is 0 Å². The third-order valence-electron chi connectivity index (χ3n) is 3.33. The summed E-state index contributed by atoms with van der Waals surface area (Å²) in [5.41, 5.74) is 1.33. The minimum Gasteiger partial charge on any atom is -0.383 e. The number of methoxy groups -OCH3 is 1. The molecule has 1 atom stereocenters. The summed E-state index contributed by atoms with van der Waals surface area (Å²) in [4.78, 5) is 0. The minimum absolute atomic E-state index is 0.342. The summed E-state index contributed by atoms with van der Waals surface area (Å²) in [5, 5.41) is 3.71. The van der Waals surface area contributed by atoms with Gasteiger partial charge in [0.1, 0.15) is 0 Å². The summed E-state index contributed by atoms with van der Waals surface area (Å²) < 4.78 is 5.31. The van der Waals surface area contributed by atoms with E-state index < -0.39 is 0 Å². The van der Waals surface area contributed by atoms with Crippen molar-refractivity contribution in [2.45, 2.75) is 37.8 Å². The predicted octanol–water partition coefficient (Wildman–Crippen LogP) is 2.91. The van der Waals surface area contributed by atoms with Crippen LogP contribution < -0.4 is 5.32 Å². The minimum atomic E-state index is 0.342. The van der Waals surface area contributed by atoms with Crippen molar-refractivity contribution in [2.75, 3.05) is 13.7 Å². The average Bonchev–Trinajstić information content (AvgIpc) is 2.83. The molecule has 0 aliphatic heterocycles. The number of benzene rings is 1. The van der Waals surface area contributed by atoms with E-state index in [-0.39, 0.29) is 0 Å². The Bertz CT molecular complexity index is 293. The molecule has 2 rings (SSSR count). The molecule has 1 aliphatic carbocycles. The van der Waals surface area contributed by atoms with Gasteiger partial charge in [-0.3, -0.25) is 0 Å². The van der Waals surface area contributed by atoms with E-state index in [4.69, 9.17) is 4.74 Å². The second-order valence-electron chi connectivity index (χ2n) is 4.57. The Labute approximate surface area is 98.0 Å². The van der Waals surface area contributed by atoms with E-state index in [1.165, 1.54) is 31.2 Å². The Morgan fingerprint density at radius 3 is 2.56 bits per heavy atom. The number of rotatable bonds is 5. The van der Waals surface area contributed by atoms with Crippen LogP contribution in [-0.2, 0) is 4.74 Å². The third kappa shape index (κ3) is 3.06. The smallest absolute Gasteiger partial charge is 0.0657 e. The molecular formula is C14H21NO. The Hall–Kier alpha value is -0.860. The van der Waals surface area contributed by atoms with E-state index in [0.717, 1.165) is 6.61 Å². The highest BCUT2D eigenvalue weighted by atomic mass is 16.5. The first-order chi connectivity index (χ1) is 7.90. The SMILES string of the molecule is COC[C@H](NC1CCCC1)c1ccccc1. The molecule has 16 heavy (non-hydrogen) atoms. The summed E-state index contributed by atoms with van der Waals surface area (Å²) in [6, 6.07) is 11.6. The molecule has 2 heteroatoms. The van der Waals surface area contributed by atoms with Crippen molar-refractivity contribution in [1.29, 1.82) is 0 Å². The predicted molar refractivity (Wildman–Crippen MR) is 66.5 cm³/mol. The molecule has 0 unspecified atom stereocenters. The average molecular weight is 219 g/mol. The molecule has 2 nitrogen and oxygen atoms in total. The maximum atomic E-state index is 5.31. The van der Waals surface area contributed by atoms with Crippen LogP contribution in [0.2, 0.25) is 0 Å². The molecule has 0 spiro atoms. The first-order valence-electron chi connectivity index (χ1n) is 6.20. The van der Waals surface area contributed by atoms with Crippen LogP contribution >= 0.6 is 0 Å². The first kappa shape index (κ1) is 11.6. The summed E-state index contributed by atoms with van der Waals surface area (Å²) in [6.45, 7) is 0.751. The summed E-state index contributed by atoms with van der Waals surface area (Å²) in [5.74, 6) is 0. The summed E-state index contributed by atoms with van der Waals surface area (Å²) >= 11 is 0. The molecule has 1 N–H and O–H groups in total. The summed E-state index contributed by atoms with van der Waals surface area (Å²) in [6.07, 6.45) is 5.36. The van der Waals surface area contributed by atoms with Gasteiger partial charge < -0.3 is 10.1 Å². The Kier molecular flexibility index (Phi) is 4.37. The highest BCUT2D eigenvalue weighted by Gasteiger charge is 2.19. The van der Waals surface area contributed by atoms with Crippen molar-refractivity contribution in [3.8, 4) is 0 Å². The molecular weight excluding hydrogens is 198 g/mol. The molecule has 1 saturated carbocycles. The largest absolute Gasteiger partial charge is 0.383 e. The van der Waals surface area contributed by atoms with Crippen molar-refractivity contribution in [3.05, 3.63) is 35.9 Å². The van der Waals surface area contributed by atoms with E-state index in [2.05, 4.69) is 35.6 Å². The molecule has 1 fully saturated rings. The van der Waals surface area contributed by atoms with Crippen molar-refractivity contribution in [3.63, 3.8) is 0 Å². The lowest BCUT2D eigenvalue weighted by atomic mass is 10.1. The molecule has 0 amide bonds. The van der Waals surface area contributed by atoms with Gasteiger partial charge in [0.05, 0.1) is 12.6 Å². The fourth-order valence-electron chi connectivity index (χ4n) is 2.47. The maximum absolute atomic E-state index is 5.31. The lowest BCUT2D eigenvalue weighted by Crippen LogP contribution is -2.33. The summed E-state index contributed by atoms with van der Waals surface area (Å²) in [7, 11) is 1.77. The molecule has 0 radical (unpaired) electrons. The van der Waals surface area contributed by atoms with E-state index in [9.17, 15) is 0 Å². The van der Waals surface area contributed by atoms with E-state index in [1.54, 1.807) is 7.11 Å². The molecule has 0 heterocycles. The van der Waals surface area contributed by atoms with Crippen LogP contribution in [0.15, 0.2) is 30.3 Å². The normalized spacial score (nSPS) is 18.8. The van der Waals surface area contributed by atoms with Gasteiger partial charge in [-0.15, -0.1) is 0 Å². The van der Waals surface area contributed by atoms with Crippen LogP contribution in [0.3, 0.4) is 0 Å². The zero-order valence-corrected chi connectivity index (χ0v) is 9.99. The van der Waals surface area contributed by atoms with Gasteiger partial charge in [0, 0.05) is 13.2 Å². The lowest BCUT2D eigenvalue weighted by Gasteiger charge is -2.22. The number of hydrogen-bond acceptors (Lipinski definition) is 2. The topological polar surface area (TPSA) is 21.3 Å². The van der Waals surface area contributed by atoms with Gasteiger partial charge >= 0.3 is 0 Å². The van der Waals surface area contributed by atoms with E-state index >= 15 is 0 Å². The fraction of sp³-hybridized carbons (Fsp3) is 0.571. The Morgan fingerprint density at radius 1 is 1.25 bits per heavy atom. The molecule has 1 aromatic carbocycles. The zero-order valence-electron chi connectivity index (χ0n) is 9.99. The van der Waals surface area contributed by atoms with Crippen molar-refractivity contribution < 1.29 is 4.74 Å². The lowest BCUT2D eigenvalue weighted by molar-refractivity contribution is 0.161. The van der Waals surface area contributed by atoms with E-state index in [0.29, 0.717) is 12.1 Å². The highest BCUT2D eigenvalue weighted by molar-refractivity contribution is 5.19. The van der Waals surface area contributed by atoms with Gasteiger partial charge in [-0.1, -0.05) is 43.2 Å². The number of ether oxygens (including phenoxy) is 1. The molecule has 1 aromatic rings. The standard InChI is InChI=1S/C14H21NO/c1-16-11-14(12-7-3-2-4-8-12)15-13-9-5-6-10-13/h2-4,7-8,13-15H,5-6,9-11H2,1H3/t14-/m0/s1. The zero-order chi connectivity index (χ0) is 11.2. The monoisotopic (exact) mass is 219 g/mol. The van der Waals surface area contributed by atoms with Crippen molar-refractivity contribution in [2.24, 2.45) is 0 Å². The van der Waals surface area contributed by atoms with Crippen LogP contribution in [0.4, 0.5) is 0 Å². The van der Waals surface area contributed by atoms with Crippen LogP contribution in [0.1, 0.15) is 37.3 Å². The molecule has 0 aromatic heterocycles. The van der Waals surface area contributed by atoms with Gasteiger partial charge in [-0.25, -0.2) is 0 Å². The molecule has 1 aliphatic rings. The van der Waals surface area contributed by atoms with Gasteiger partial charge in [-0.2, -0.15) is 0 Å². The van der Waals surface area contributed by atoms with E-state index in [1.807, 2.05) is 0 Å². The molecule has 0 bridgehead atoms. The van der Waals surface area contributed by atoms with Crippen LogP contribution in [0.25, 0.3) is 0 Å². The van der Waals surface area contributed by atoms with Gasteiger partial charge in [-0.05, 0) is 18.4 Å². The third-order valence-corrected chi connectivity index (χ3v) is 3.33. The highest BCUT2D eigenvalue weighted by Crippen LogP contribution is 2.22. The Morgan fingerprint density at radius 2 is 1.94 bits per heavy atom. The van der Waals surface area contributed by atoms with Crippen LogP contribution in [-0.4, -0.2) is 19.8 Å². The van der Waals surface area contributed by atoms with Gasteiger partial charge in [0.25, 0.3) is 0 Å². The first-order valence-corrected chi connectivity index (χ1v) is 6.20.